The van der Waals surface area contributed by atoms with E-state index in [9.17, 15) is 4.79 Å². The summed E-state index contributed by atoms with van der Waals surface area (Å²) in [4.78, 5) is 17.6. The summed E-state index contributed by atoms with van der Waals surface area (Å²) in [6.45, 7) is 0. The molecule has 0 saturated heterocycles. The molecule has 14 heavy (non-hydrogen) atoms. The first-order valence-electron chi connectivity index (χ1n) is 3.94. The van der Waals surface area contributed by atoms with Gasteiger partial charge in [-0.3, -0.25) is 4.79 Å². The number of methoxy groups -OCH3 is 1. The van der Waals surface area contributed by atoms with Gasteiger partial charge in [-0.2, -0.15) is 0 Å². The summed E-state index contributed by atoms with van der Waals surface area (Å²) in [7, 11) is 1.49. The number of halogens is 1. The van der Waals surface area contributed by atoms with E-state index in [1.165, 1.54) is 13.3 Å². The van der Waals surface area contributed by atoms with Gasteiger partial charge in [0.25, 0.3) is 5.56 Å². The number of aromatic amines is 1. The van der Waals surface area contributed by atoms with Crippen LogP contribution in [-0.4, -0.2) is 17.1 Å². The maximum Gasteiger partial charge on any atom is 0.266 e. The van der Waals surface area contributed by atoms with Crippen molar-refractivity contribution in [3.05, 3.63) is 33.7 Å². The lowest BCUT2D eigenvalue weighted by Crippen LogP contribution is -2.05. The van der Waals surface area contributed by atoms with E-state index in [2.05, 4.69) is 9.97 Å². The molecule has 0 spiro atoms. The largest absolute Gasteiger partial charge is 0.493 e. The van der Waals surface area contributed by atoms with Gasteiger partial charge >= 0.3 is 0 Å². The molecule has 0 saturated carbocycles. The highest BCUT2D eigenvalue weighted by atomic mass is 35.5. The molecule has 0 unspecified atom stereocenters. The van der Waals surface area contributed by atoms with Crippen molar-refractivity contribution in [1.82, 2.24) is 9.97 Å². The number of nitrogens with zero attached hydrogens (tertiary/aromatic N) is 1. The van der Waals surface area contributed by atoms with Crippen molar-refractivity contribution < 1.29 is 4.74 Å². The van der Waals surface area contributed by atoms with Crippen LogP contribution in [0.2, 0.25) is 5.02 Å². The maximum absolute atomic E-state index is 11.0. The van der Waals surface area contributed by atoms with Gasteiger partial charge in [0.05, 0.1) is 23.8 Å². The van der Waals surface area contributed by atoms with Gasteiger partial charge in [-0.1, -0.05) is 11.6 Å². The van der Waals surface area contributed by atoms with Crippen molar-refractivity contribution >= 4 is 22.6 Å². The first-order valence-corrected chi connectivity index (χ1v) is 4.31. The standard InChI is InChI=1S/C9H7ClN2O2/c1-14-9-5(10)2-3-6-8(9)12-7(13)4-11-6/h2-4H,1H3,(H,12,13). The molecule has 5 heteroatoms. The Morgan fingerprint density at radius 3 is 3.00 bits per heavy atom. The van der Waals surface area contributed by atoms with Crippen LogP contribution in [0, 0.1) is 0 Å². The van der Waals surface area contributed by atoms with Crippen molar-refractivity contribution in [2.75, 3.05) is 7.11 Å². The number of ether oxygens (including phenoxy) is 1. The van der Waals surface area contributed by atoms with Gasteiger partial charge in [0.1, 0.15) is 5.52 Å². The fourth-order valence-corrected chi connectivity index (χ4v) is 1.49. The second-order valence-electron chi connectivity index (χ2n) is 2.72. The zero-order chi connectivity index (χ0) is 10.1. The summed E-state index contributed by atoms with van der Waals surface area (Å²) in [5.41, 5.74) is 0.886. The number of fused-ring (bicyclic) bond motifs is 1. The predicted molar refractivity (Wildman–Crippen MR) is 53.9 cm³/mol. The van der Waals surface area contributed by atoms with Crippen LogP contribution in [0.25, 0.3) is 11.0 Å². The molecule has 1 N–H and O–H groups in total. The van der Waals surface area contributed by atoms with Crippen molar-refractivity contribution in [2.24, 2.45) is 0 Å². The Bertz CT molecular complexity index is 536. The molecule has 1 aromatic heterocycles. The minimum atomic E-state index is -0.280. The van der Waals surface area contributed by atoms with Gasteiger partial charge in [-0.25, -0.2) is 4.98 Å². The Kier molecular flexibility index (Phi) is 2.13. The summed E-state index contributed by atoms with van der Waals surface area (Å²) in [6.07, 6.45) is 1.22. The second-order valence-corrected chi connectivity index (χ2v) is 3.13. The van der Waals surface area contributed by atoms with Gasteiger partial charge in [0, 0.05) is 0 Å². The number of aromatic nitrogens is 2. The third kappa shape index (κ3) is 1.33. The monoisotopic (exact) mass is 210 g/mol. The van der Waals surface area contributed by atoms with Gasteiger partial charge in [0.15, 0.2) is 5.75 Å². The van der Waals surface area contributed by atoms with E-state index in [1.54, 1.807) is 12.1 Å². The van der Waals surface area contributed by atoms with E-state index >= 15 is 0 Å². The average Bonchev–Trinajstić information content (AvgIpc) is 2.17. The van der Waals surface area contributed by atoms with Crippen LogP contribution in [-0.2, 0) is 0 Å². The molecule has 0 aliphatic carbocycles. The molecule has 0 atom stereocenters. The molecular weight excluding hydrogens is 204 g/mol. The molecule has 0 aliphatic heterocycles. The highest BCUT2D eigenvalue weighted by Gasteiger charge is 2.07. The van der Waals surface area contributed by atoms with Crippen LogP contribution >= 0.6 is 11.6 Å². The van der Waals surface area contributed by atoms with Crippen molar-refractivity contribution in [3.8, 4) is 5.75 Å². The molecule has 0 bridgehead atoms. The molecule has 0 aliphatic rings. The van der Waals surface area contributed by atoms with Gasteiger partial charge in [-0.05, 0) is 12.1 Å². The van der Waals surface area contributed by atoms with Gasteiger partial charge in [-0.15, -0.1) is 0 Å². The third-order valence-electron chi connectivity index (χ3n) is 1.86. The normalized spacial score (nSPS) is 10.4. The molecule has 72 valence electrons. The van der Waals surface area contributed by atoms with Gasteiger partial charge < -0.3 is 9.72 Å². The second kappa shape index (κ2) is 3.31. The number of rotatable bonds is 1. The molecule has 4 nitrogen and oxygen atoms in total. The van der Waals surface area contributed by atoms with Crippen LogP contribution in [0.5, 0.6) is 5.75 Å². The predicted octanol–water partition coefficient (Wildman–Crippen LogP) is 1.59. The lowest BCUT2D eigenvalue weighted by Gasteiger charge is -2.05. The summed E-state index contributed by atoms with van der Waals surface area (Å²) < 4.78 is 5.07. The minimum Gasteiger partial charge on any atom is -0.493 e. The Hall–Kier alpha value is -1.55. The molecule has 0 radical (unpaired) electrons. The highest BCUT2D eigenvalue weighted by Crippen LogP contribution is 2.29. The number of H-pyrrole nitrogens is 1. The summed E-state index contributed by atoms with van der Waals surface area (Å²) in [6, 6.07) is 3.39. The molecular formula is C9H7ClN2O2. The first-order chi connectivity index (χ1) is 6.72. The summed E-state index contributed by atoms with van der Waals surface area (Å²) in [5, 5.41) is 0.448. The van der Waals surface area contributed by atoms with Crippen LogP contribution in [0.4, 0.5) is 0 Å². The molecule has 1 aromatic carbocycles. The molecule has 2 rings (SSSR count). The first kappa shape index (κ1) is 9.02. The van der Waals surface area contributed by atoms with Crippen LogP contribution in [0.1, 0.15) is 0 Å². The van der Waals surface area contributed by atoms with E-state index in [4.69, 9.17) is 16.3 Å². The average molecular weight is 211 g/mol. The van der Waals surface area contributed by atoms with E-state index in [1.807, 2.05) is 0 Å². The SMILES string of the molecule is COc1c(Cl)ccc2ncc(=O)[nH]c12. The summed E-state index contributed by atoms with van der Waals surface area (Å²) >= 11 is 5.88. The van der Waals surface area contributed by atoms with E-state index in [0.717, 1.165) is 0 Å². The number of benzene rings is 1. The molecule has 0 fully saturated rings. The quantitative estimate of drug-likeness (QED) is 0.778. The highest BCUT2D eigenvalue weighted by molar-refractivity contribution is 6.33. The number of nitrogens with one attached hydrogen (secondary N) is 1. The van der Waals surface area contributed by atoms with Crippen LogP contribution in [0.3, 0.4) is 0 Å². The van der Waals surface area contributed by atoms with E-state index in [-0.39, 0.29) is 5.56 Å². The van der Waals surface area contributed by atoms with Crippen molar-refractivity contribution in [3.63, 3.8) is 0 Å². The fraction of sp³-hybridized carbons (Fsp3) is 0.111. The van der Waals surface area contributed by atoms with Crippen LogP contribution < -0.4 is 10.3 Å². The Balaban J connectivity index is 2.91. The fourth-order valence-electron chi connectivity index (χ4n) is 1.26. The number of hydrogen-bond acceptors (Lipinski definition) is 3. The smallest absolute Gasteiger partial charge is 0.266 e. The van der Waals surface area contributed by atoms with Crippen molar-refractivity contribution in [1.29, 1.82) is 0 Å². The Morgan fingerprint density at radius 2 is 2.29 bits per heavy atom. The Morgan fingerprint density at radius 1 is 1.50 bits per heavy atom. The summed E-state index contributed by atoms with van der Waals surface area (Å²) in [5.74, 6) is 0.439. The number of hydrogen-bond donors (Lipinski definition) is 1. The minimum absolute atomic E-state index is 0.280. The van der Waals surface area contributed by atoms with E-state index in [0.29, 0.717) is 21.8 Å². The maximum atomic E-state index is 11.0. The molecule has 0 amide bonds. The third-order valence-corrected chi connectivity index (χ3v) is 2.16. The lowest BCUT2D eigenvalue weighted by atomic mass is 10.3. The zero-order valence-electron chi connectivity index (χ0n) is 7.37. The topological polar surface area (TPSA) is 55.0 Å². The Labute approximate surface area is 84.5 Å². The molecule has 2 aromatic rings. The van der Waals surface area contributed by atoms with E-state index < -0.39 is 0 Å². The molecule has 1 heterocycles. The van der Waals surface area contributed by atoms with Crippen molar-refractivity contribution in [2.45, 2.75) is 0 Å². The lowest BCUT2D eigenvalue weighted by molar-refractivity contribution is 0.419. The zero-order valence-corrected chi connectivity index (χ0v) is 8.13. The van der Waals surface area contributed by atoms with Gasteiger partial charge in [0.2, 0.25) is 0 Å². The van der Waals surface area contributed by atoms with Crippen LogP contribution in [0.15, 0.2) is 23.1 Å².